The van der Waals surface area contributed by atoms with Crippen molar-refractivity contribution in [2.75, 3.05) is 33.9 Å². The summed E-state index contributed by atoms with van der Waals surface area (Å²) in [7, 11) is 3.37. The minimum Gasteiger partial charge on any atom is -0.493 e. The minimum atomic E-state index is 0.310. The van der Waals surface area contributed by atoms with Gasteiger partial charge in [0.1, 0.15) is 0 Å². The van der Waals surface area contributed by atoms with Crippen molar-refractivity contribution in [3.63, 3.8) is 0 Å². The molecule has 3 rings (SSSR count). The maximum Gasteiger partial charge on any atom is 0.222 e. The molecule has 1 aliphatic heterocycles. The molecule has 1 aromatic carbocycles. The fourth-order valence-corrected chi connectivity index (χ4v) is 4.15. The van der Waals surface area contributed by atoms with Crippen LogP contribution < -0.4 is 9.47 Å². The highest BCUT2D eigenvalue weighted by Crippen LogP contribution is 2.33. The Kier molecular flexibility index (Phi) is 6.19. The Hall–Kier alpha value is -1.75. The first-order valence-electron chi connectivity index (χ1n) is 9.44. The van der Waals surface area contributed by atoms with Crippen molar-refractivity contribution < 1.29 is 14.3 Å². The predicted molar refractivity (Wildman–Crippen MR) is 98.0 cm³/mol. The number of hydrogen-bond acceptors (Lipinski definition) is 4. The molecule has 5 nitrogen and oxygen atoms in total. The lowest BCUT2D eigenvalue weighted by molar-refractivity contribution is -0.127. The van der Waals surface area contributed by atoms with Gasteiger partial charge in [0, 0.05) is 44.2 Å². The van der Waals surface area contributed by atoms with Crippen molar-refractivity contribution in [2.45, 2.75) is 51.1 Å². The third kappa shape index (κ3) is 4.27. The van der Waals surface area contributed by atoms with Gasteiger partial charge in [-0.15, -0.1) is 0 Å². The lowest BCUT2D eigenvalue weighted by atomic mass is 10.1. The van der Waals surface area contributed by atoms with E-state index in [-0.39, 0.29) is 0 Å². The number of rotatable bonds is 8. The van der Waals surface area contributed by atoms with Crippen LogP contribution in [0.5, 0.6) is 11.5 Å². The second-order valence-electron chi connectivity index (χ2n) is 7.05. The predicted octanol–water partition coefficient (Wildman–Crippen LogP) is 3.07. The van der Waals surface area contributed by atoms with Crippen molar-refractivity contribution in [2.24, 2.45) is 0 Å². The summed E-state index contributed by atoms with van der Waals surface area (Å²) in [4.78, 5) is 16.5. The van der Waals surface area contributed by atoms with Crippen LogP contribution in [0, 0.1) is 0 Å². The summed E-state index contributed by atoms with van der Waals surface area (Å²) in [5.41, 5.74) is 1.15. The maximum atomic E-state index is 11.9. The van der Waals surface area contributed by atoms with Crippen LogP contribution in [0.15, 0.2) is 18.2 Å². The number of benzene rings is 1. The zero-order valence-electron chi connectivity index (χ0n) is 15.5. The largest absolute Gasteiger partial charge is 0.493 e. The van der Waals surface area contributed by atoms with Gasteiger partial charge < -0.3 is 14.4 Å². The van der Waals surface area contributed by atoms with E-state index < -0.39 is 0 Å². The number of ether oxygens (including phenoxy) is 2. The molecule has 5 heteroatoms. The van der Waals surface area contributed by atoms with E-state index in [1.807, 2.05) is 17.0 Å². The number of amides is 1. The molecule has 1 heterocycles. The van der Waals surface area contributed by atoms with Gasteiger partial charge in [-0.05, 0) is 25.3 Å². The lowest BCUT2D eigenvalue weighted by Gasteiger charge is -2.31. The molecular weight excluding hydrogens is 316 g/mol. The number of methoxy groups -OCH3 is 2. The zero-order chi connectivity index (χ0) is 17.6. The van der Waals surface area contributed by atoms with Gasteiger partial charge in [-0.25, -0.2) is 0 Å². The Balaban J connectivity index is 1.72. The van der Waals surface area contributed by atoms with Crippen molar-refractivity contribution in [3.8, 4) is 11.5 Å². The average molecular weight is 346 g/mol. The number of carbonyl (C=O) groups is 1. The zero-order valence-corrected chi connectivity index (χ0v) is 15.5. The van der Waals surface area contributed by atoms with Gasteiger partial charge in [-0.3, -0.25) is 9.69 Å². The summed E-state index contributed by atoms with van der Waals surface area (Å²) in [6.07, 6.45) is 6.83. The van der Waals surface area contributed by atoms with E-state index in [0.717, 1.165) is 49.7 Å². The normalized spacial score (nSPS) is 18.4. The SMILES string of the molecule is COc1cccc(CN(CCN2CCCC2=O)C2CCCC2)c1OC. The van der Waals surface area contributed by atoms with Gasteiger partial charge in [-0.1, -0.05) is 25.0 Å². The first kappa shape index (κ1) is 18.1. The molecule has 0 N–H and O–H groups in total. The Morgan fingerprint density at radius 3 is 2.60 bits per heavy atom. The van der Waals surface area contributed by atoms with Crippen molar-refractivity contribution in [1.82, 2.24) is 9.80 Å². The molecule has 0 unspecified atom stereocenters. The average Bonchev–Trinajstić information content (AvgIpc) is 3.30. The summed E-state index contributed by atoms with van der Waals surface area (Å²) in [6, 6.07) is 6.68. The van der Waals surface area contributed by atoms with Crippen LogP contribution in [-0.2, 0) is 11.3 Å². The molecule has 0 radical (unpaired) electrons. The molecule has 0 bridgehead atoms. The van der Waals surface area contributed by atoms with Gasteiger partial charge in [0.25, 0.3) is 0 Å². The van der Waals surface area contributed by atoms with E-state index in [2.05, 4.69) is 11.0 Å². The lowest BCUT2D eigenvalue weighted by Crippen LogP contribution is -2.40. The maximum absolute atomic E-state index is 11.9. The summed E-state index contributed by atoms with van der Waals surface area (Å²) in [5, 5.41) is 0. The van der Waals surface area contributed by atoms with E-state index in [9.17, 15) is 4.79 Å². The highest BCUT2D eigenvalue weighted by atomic mass is 16.5. The molecule has 138 valence electrons. The van der Waals surface area contributed by atoms with Crippen LogP contribution >= 0.6 is 0 Å². The smallest absolute Gasteiger partial charge is 0.222 e. The van der Waals surface area contributed by atoms with Crippen LogP contribution in [0.2, 0.25) is 0 Å². The summed E-state index contributed by atoms with van der Waals surface area (Å²) < 4.78 is 11.1. The van der Waals surface area contributed by atoms with Crippen LogP contribution in [0.1, 0.15) is 44.1 Å². The molecule has 0 spiro atoms. The first-order valence-corrected chi connectivity index (χ1v) is 9.44. The number of carbonyl (C=O) groups excluding carboxylic acids is 1. The fraction of sp³-hybridized carbons (Fsp3) is 0.650. The third-order valence-electron chi connectivity index (χ3n) is 5.53. The number of hydrogen-bond donors (Lipinski definition) is 0. The van der Waals surface area contributed by atoms with Crippen LogP contribution in [0.25, 0.3) is 0 Å². The number of nitrogens with zero attached hydrogens (tertiary/aromatic N) is 2. The molecule has 1 saturated carbocycles. The van der Waals surface area contributed by atoms with Crippen molar-refractivity contribution in [3.05, 3.63) is 23.8 Å². The molecule has 0 atom stereocenters. The van der Waals surface area contributed by atoms with Gasteiger partial charge in [0.05, 0.1) is 14.2 Å². The highest BCUT2D eigenvalue weighted by molar-refractivity contribution is 5.78. The number of para-hydroxylation sites is 1. The molecule has 1 aliphatic carbocycles. The molecule has 1 saturated heterocycles. The van der Waals surface area contributed by atoms with Crippen LogP contribution in [0.3, 0.4) is 0 Å². The Labute approximate surface area is 150 Å². The molecule has 2 fully saturated rings. The molecule has 0 aromatic heterocycles. The van der Waals surface area contributed by atoms with Crippen LogP contribution in [-0.4, -0.2) is 55.6 Å². The fourth-order valence-electron chi connectivity index (χ4n) is 4.15. The topological polar surface area (TPSA) is 42.0 Å². The second kappa shape index (κ2) is 8.56. The van der Waals surface area contributed by atoms with Gasteiger partial charge in [0.2, 0.25) is 5.91 Å². The standard InChI is InChI=1S/C20H30N2O3/c1-24-18-10-5-7-16(20(18)25-2)15-22(17-8-3-4-9-17)14-13-21-12-6-11-19(21)23/h5,7,10,17H,3-4,6,8-9,11-15H2,1-2H3. The molecule has 2 aliphatic rings. The van der Waals surface area contributed by atoms with Gasteiger partial charge in [0.15, 0.2) is 11.5 Å². The summed E-state index contributed by atoms with van der Waals surface area (Å²) in [5.74, 6) is 1.91. The van der Waals surface area contributed by atoms with Crippen molar-refractivity contribution in [1.29, 1.82) is 0 Å². The van der Waals surface area contributed by atoms with E-state index in [1.165, 1.54) is 25.7 Å². The Bertz CT molecular complexity index is 584. The van der Waals surface area contributed by atoms with Gasteiger partial charge in [-0.2, -0.15) is 0 Å². The first-order chi connectivity index (χ1) is 12.2. The summed E-state index contributed by atoms with van der Waals surface area (Å²) in [6.45, 7) is 3.52. The quantitative estimate of drug-likeness (QED) is 0.725. The van der Waals surface area contributed by atoms with E-state index in [0.29, 0.717) is 18.4 Å². The van der Waals surface area contributed by atoms with E-state index in [4.69, 9.17) is 9.47 Å². The molecule has 1 amide bonds. The molecule has 25 heavy (non-hydrogen) atoms. The second-order valence-corrected chi connectivity index (χ2v) is 7.05. The van der Waals surface area contributed by atoms with E-state index >= 15 is 0 Å². The molecule has 1 aromatic rings. The highest BCUT2D eigenvalue weighted by Gasteiger charge is 2.26. The monoisotopic (exact) mass is 346 g/mol. The molecular formula is C20H30N2O3. The third-order valence-corrected chi connectivity index (χ3v) is 5.53. The Morgan fingerprint density at radius 2 is 1.96 bits per heavy atom. The minimum absolute atomic E-state index is 0.310. The van der Waals surface area contributed by atoms with Crippen LogP contribution in [0.4, 0.5) is 0 Å². The van der Waals surface area contributed by atoms with Gasteiger partial charge >= 0.3 is 0 Å². The Morgan fingerprint density at radius 1 is 1.16 bits per heavy atom. The number of likely N-dealkylation sites (tertiary alicyclic amines) is 1. The van der Waals surface area contributed by atoms with E-state index in [1.54, 1.807) is 14.2 Å². The summed E-state index contributed by atoms with van der Waals surface area (Å²) >= 11 is 0. The van der Waals surface area contributed by atoms with Crippen molar-refractivity contribution >= 4 is 5.91 Å².